The zero-order valence-corrected chi connectivity index (χ0v) is 6.14. The normalized spacial score (nSPS) is 12.3. The van der Waals surface area contributed by atoms with E-state index in [9.17, 15) is 4.79 Å². The number of hydrogen-bond acceptors (Lipinski definition) is 1. The summed E-state index contributed by atoms with van der Waals surface area (Å²) in [5.74, 6) is -0.291. The van der Waals surface area contributed by atoms with E-state index in [1.165, 1.54) is 0 Å². The fourth-order valence-corrected chi connectivity index (χ4v) is 0.499. The van der Waals surface area contributed by atoms with Crippen molar-refractivity contribution in [2.75, 3.05) is 0 Å². The maximum Gasteiger partial charge on any atom is 0.226 e. The topological polar surface area (TPSA) is 43.1 Å². The Morgan fingerprint density at radius 2 is 2.00 bits per heavy atom. The van der Waals surface area contributed by atoms with Crippen molar-refractivity contribution in [2.45, 2.75) is 20.8 Å². The van der Waals surface area contributed by atoms with E-state index in [-0.39, 0.29) is 5.91 Å². The maximum absolute atomic E-state index is 10.6. The third-order valence-corrected chi connectivity index (χ3v) is 1.22. The van der Waals surface area contributed by atoms with Crippen LogP contribution in [0.3, 0.4) is 0 Å². The van der Waals surface area contributed by atoms with E-state index in [4.69, 9.17) is 5.73 Å². The fraction of sp³-hybridized carbons (Fsp3) is 0.571. The van der Waals surface area contributed by atoms with Crippen LogP contribution in [0, 0.1) is 5.41 Å². The Morgan fingerprint density at radius 1 is 1.56 bits per heavy atom. The molecule has 0 unspecified atom stereocenters. The standard InChI is InChI=1S/C7H13NO/c1-4-5-7(2,3)6(8)9/h4-5H,1-3H3,(H2,8,9)/b5-4-. The van der Waals surface area contributed by atoms with Gasteiger partial charge in [0, 0.05) is 0 Å². The highest BCUT2D eigenvalue weighted by Gasteiger charge is 2.19. The average Bonchev–Trinajstić information content (AvgIpc) is 1.65. The van der Waals surface area contributed by atoms with E-state index >= 15 is 0 Å². The lowest BCUT2D eigenvalue weighted by molar-refractivity contribution is -0.123. The van der Waals surface area contributed by atoms with Crippen LogP contribution in [0.1, 0.15) is 20.8 Å². The summed E-state index contributed by atoms with van der Waals surface area (Å²) in [6.45, 7) is 5.44. The van der Waals surface area contributed by atoms with E-state index in [2.05, 4.69) is 0 Å². The lowest BCUT2D eigenvalue weighted by Crippen LogP contribution is -2.29. The molecule has 0 saturated carbocycles. The highest BCUT2D eigenvalue weighted by atomic mass is 16.1. The number of primary amides is 1. The minimum atomic E-state index is -0.491. The van der Waals surface area contributed by atoms with Gasteiger partial charge in [-0.05, 0) is 20.8 Å². The molecular formula is C7H13NO. The molecule has 0 aliphatic heterocycles. The molecule has 9 heavy (non-hydrogen) atoms. The first-order chi connectivity index (χ1) is 4.00. The molecule has 0 aliphatic rings. The van der Waals surface area contributed by atoms with Gasteiger partial charge < -0.3 is 5.73 Å². The molecule has 0 aromatic rings. The quantitative estimate of drug-likeness (QED) is 0.554. The second kappa shape index (κ2) is 2.67. The minimum absolute atomic E-state index is 0.291. The van der Waals surface area contributed by atoms with Gasteiger partial charge in [0.15, 0.2) is 0 Å². The van der Waals surface area contributed by atoms with Crippen molar-refractivity contribution in [3.8, 4) is 0 Å². The monoisotopic (exact) mass is 127 g/mol. The summed E-state index contributed by atoms with van der Waals surface area (Å²) < 4.78 is 0. The van der Waals surface area contributed by atoms with Crippen molar-refractivity contribution in [3.63, 3.8) is 0 Å². The summed E-state index contributed by atoms with van der Waals surface area (Å²) in [5.41, 5.74) is 4.57. The first kappa shape index (κ1) is 8.21. The molecule has 0 spiro atoms. The van der Waals surface area contributed by atoms with Crippen molar-refractivity contribution in [3.05, 3.63) is 12.2 Å². The predicted octanol–water partition coefficient (Wildman–Crippen LogP) is 1.07. The SMILES string of the molecule is C/C=C\C(C)(C)C(N)=O. The molecule has 0 saturated heterocycles. The van der Waals surface area contributed by atoms with Crippen LogP contribution in [0.25, 0.3) is 0 Å². The second-order valence-electron chi connectivity index (χ2n) is 2.59. The van der Waals surface area contributed by atoms with Crippen molar-refractivity contribution >= 4 is 5.91 Å². The van der Waals surface area contributed by atoms with Gasteiger partial charge in [0.05, 0.1) is 5.41 Å². The number of carbonyl (C=O) groups is 1. The van der Waals surface area contributed by atoms with Crippen molar-refractivity contribution in [1.82, 2.24) is 0 Å². The predicted molar refractivity (Wildman–Crippen MR) is 37.8 cm³/mol. The van der Waals surface area contributed by atoms with E-state index in [0.29, 0.717) is 0 Å². The molecule has 0 aliphatic carbocycles. The average molecular weight is 127 g/mol. The fourth-order valence-electron chi connectivity index (χ4n) is 0.499. The number of carbonyl (C=O) groups excluding carboxylic acids is 1. The zero-order valence-electron chi connectivity index (χ0n) is 6.14. The molecule has 2 N–H and O–H groups in total. The Hall–Kier alpha value is -0.790. The number of amides is 1. The van der Waals surface area contributed by atoms with Gasteiger partial charge in [0.2, 0.25) is 5.91 Å². The van der Waals surface area contributed by atoms with E-state index in [0.717, 1.165) is 0 Å². The van der Waals surface area contributed by atoms with Crippen LogP contribution < -0.4 is 5.73 Å². The highest BCUT2D eigenvalue weighted by molar-refractivity contribution is 5.81. The van der Waals surface area contributed by atoms with Crippen molar-refractivity contribution in [1.29, 1.82) is 0 Å². The molecular weight excluding hydrogens is 114 g/mol. The van der Waals surface area contributed by atoms with Crippen LogP contribution in [-0.4, -0.2) is 5.91 Å². The summed E-state index contributed by atoms with van der Waals surface area (Å²) in [6, 6.07) is 0. The van der Waals surface area contributed by atoms with E-state index in [1.54, 1.807) is 19.9 Å². The molecule has 52 valence electrons. The molecule has 0 heterocycles. The Kier molecular flexibility index (Phi) is 2.43. The molecule has 0 fully saturated rings. The summed E-state index contributed by atoms with van der Waals surface area (Å²) >= 11 is 0. The third kappa shape index (κ3) is 2.31. The van der Waals surface area contributed by atoms with Crippen LogP contribution in [-0.2, 0) is 4.79 Å². The number of nitrogens with two attached hydrogens (primary N) is 1. The molecule has 0 aromatic carbocycles. The molecule has 2 heteroatoms. The number of rotatable bonds is 2. The van der Waals surface area contributed by atoms with Gasteiger partial charge in [-0.2, -0.15) is 0 Å². The lowest BCUT2D eigenvalue weighted by atomic mass is 9.92. The summed E-state index contributed by atoms with van der Waals surface area (Å²) in [5, 5.41) is 0. The zero-order chi connectivity index (χ0) is 7.49. The van der Waals surface area contributed by atoms with Crippen LogP contribution >= 0.6 is 0 Å². The second-order valence-corrected chi connectivity index (χ2v) is 2.59. The molecule has 0 bridgehead atoms. The summed E-state index contributed by atoms with van der Waals surface area (Å²) in [7, 11) is 0. The number of allylic oxidation sites excluding steroid dienone is 1. The smallest absolute Gasteiger partial charge is 0.226 e. The Morgan fingerprint density at radius 3 is 2.11 bits per heavy atom. The van der Waals surface area contributed by atoms with Gasteiger partial charge in [0.1, 0.15) is 0 Å². The maximum atomic E-state index is 10.6. The molecule has 0 aromatic heterocycles. The molecule has 1 amide bonds. The molecule has 0 atom stereocenters. The van der Waals surface area contributed by atoms with Crippen LogP contribution in [0.15, 0.2) is 12.2 Å². The van der Waals surface area contributed by atoms with Gasteiger partial charge in [-0.25, -0.2) is 0 Å². The lowest BCUT2D eigenvalue weighted by Gasteiger charge is -2.13. The van der Waals surface area contributed by atoms with E-state index in [1.807, 2.05) is 13.0 Å². The largest absolute Gasteiger partial charge is 0.369 e. The van der Waals surface area contributed by atoms with Crippen molar-refractivity contribution < 1.29 is 4.79 Å². The third-order valence-electron chi connectivity index (χ3n) is 1.22. The van der Waals surface area contributed by atoms with Crippen LogP contribution in [0.5, 0.6) is 0 Å². The van der Waals surface area contributed by atoms with E-state index < -0.39 is 5.41 Å². The Labute approximate surface area is 55.7 Å². The Balaban J connectivity index is 4.19. The first-order valence-corrected chi connectivity index (χ1v) is 2.94. The summed E-state index contributed by atoms with van der Waals surface area (Å²) in [4.78, 5) is 10.6. The van der Waals surface area contributed by atoms with Crippen LogP contribution in [0.4, 0.5) is 0 Å². The van der Waals surface area contributed by atoms with Gasteiger partial charge in [-0.3, -0.25) is 4.79 Å². The minimum Gasteiger partial charge on any atom is -0.369 e. The van der Waals surface area contributed by atoms with Gasteiger partial charge in [-0.15, -0.1) is 0 Å². The Bertz CT molecular complexity index is 136. The van der Waals surface area contributed by atoms with Gasteiger partial charge >= 0.3 is 0 Å². The van der Waals surface area contributed by atoms with Crippen molar-refractivity contribution in [2.24, 2.45) is 11.1 Å². The number of hydrogen-bond donors (Lipinski definition) is 1. The molecule has 0 radical (unpaired) electrons. The van der Waals surface area contributed by atoms with Gasteiger partial charge in [-0.1, -0.05) is 12.2 Å². The molecule has 2 nitrogen and oxygen atoms in total. The van der Waals surface area contributed by atoms with Crippen LogP contribution in [0.2, 0.25) is 0 Å². The highest BCUT2D eigenvalue weighted by Crippen LogP contribution is 2.14. The van der Waals surface area contributed by atoms with Gasteiger partial charge in [0.25, 0.3) is 0 Å². The first-order valence-electron chi connectivity index (χ1n) is 2.94. The molecule has 0 rings (SSSR count). The summed E-state index contributed by atoms with van der Waals surface area (Å²) in [6.07, 6.45) is 3.61.